The van der Waals surface area contributed by atoms with Gasteiger partial charge in [0, 0.05) is 10.2 Å². The molecule has 1 N–H and O–H groups in total. The van der Waals surface area contributed by atoms with Gasteiger partial charge in [-0.05, 0) is 48.9 Å². The van der Waals surface area contributed by atoms with Crippen LogP contribution in [0.3, 0.4) is 0 Å². The summed E-state index contributed by atoms with van der Waals surface area (Å²) >= 11 is 3.39. The monoisotopic (exact) mass is 441 g/mol. The summed E-state index contributed by atoms with van der Waals surface area (Å²) in [6.45, 7) is 1.68. The van der Waals surface area contributed by atoms with Gasteiger partial charge in [0.15, 0.2) is 0 Å². The van der Waals surface area contributed by atoms with Crippen molar-refractivity contribution in [3.05, 3.63) is 81.0 Å². The molecule has 0 aromatic heterocycles. The van der Waals surface area contributed by atoms with E-state index in [2.05, 4.69) is 15.9 Å². The highest BCUT2D eigenvalue weighted by molar-refractivity contribution is 9.10. The van der Waals surface area contributed by atoms with Gasteiger partial charge in [-0.2, -0.15) is 0 Å². The maximum absolute atomic E-state index is 13.1. The van der Waals surface area contributed by atoms with Gasteiger partial charge in [0.1, 0.15) is 0 Å². The molecule has 0 radical (unpaired) electrons. The number of esters is 1. The van der Waals surface area contributed by atoms with Gasteiger partial charge in [-0.1, -0.05) is 34.1 Å². The quantitative estimate of drug-likeness (QED) is 0.571. The maximum atomic E-state index is 13.1. The Morgan fingerprint density at radius 1 is 1.14 bits per heavy atom. The molecule has 0 fully saturated rings. The van der Waals surface area contributed by atoms with Crippen LogP contribution < -0.4 is 4.90 Å². The van der Waals surface area contributed by atoms with E-state index in [1.807, 2.05) is 6.07 Å². The number of hydrogen-bond donors (Lipinski definition) is 1. The van der Waals surface area contributed by atoms with Crippen LogP contribution in [0, 0.1) is 0 Å². The third-order valence-corrected chi connectivity index (χ3v) is 4.82. The minimum absolute atomic E-state index is 0.135. The predicted octanol–water partition coefficient (Wildman–Crippen LogP) is 4.02. The van der Waals surface area contributed by atoms with Gasteiger partial charge in [0.25, 0.3) is 5.91 Å². The molecule has 0 bridgehead atoms. The molecule has 6 nitrogen and oxygen atoms in total. The average molecular weight is 442 g/mol. The molecule has 0 unspecified atom stereocenters. The Balaban J connectivity index is 2.10. The van der Waals surface area contributed by atoms with Gasteiger partial charge in [-0.25, -0.2) is 9.59 Å². The lowest BCUT2D eigenvalue weighted by Crippen LogP contribution is -2.24. The SMILES string of the molecule is COC(=O)C1=C(C)N(c2cccc(Br)c2)C(=O)/C1=C\c1ccc(C(=O)O)cc1. The van der Waals surface area contributed by atoms with Crippen molar-refractivity contribution in [2.45, 2.75) is 6.92 Å². The van der Waals surface area contributed by atoms with Crippen LogP contribution in [-0.2, 0) is 14.3 Å². The van der Waals surface area contributed by atoms with E-state index >= 15 is 0 Å². The van der Waals surface area contributed by atoms with Crippen molar-refractivity contribution in [3.63, 3.8) is 0 Å². The Morgan fingerprint density at radius 2 is 1.82 bits per heavy atom. The molecule has 0 spiro atoms. The van der Waals surface area contributed by atoms with E-state index in [0.29, 0.717) is 16.9 Å². The second kappa shape index (κ2) is 7.82. The van der Waals surface area contributed by atoms with Crippen LogP contribution in [0.2, 0.25) is 0 Å². The summed E-state index contributed by atoms with van der Waals surface area (Å²) in [5.41, 5.74) is 2.17. The topological polar surface area (TPSA) is 83.9 Å². The Bertz CT molecular complexity index is 1040. The number of carboxylic acids is 1. The predicted molar refractivity (Wildman–Crippen MR) is 108 cm³/mol. The fourth-order valence-corrected chi connectivity index (χ4v) is 3.38. The molecule has 28 heavy (non-hydrogen) atoms. The van der Waals surface area contributed by atoms with Gasteiger partial charge in [-0.15, -0.1) is 0 Å². The van der Waals surface area contributed by atoms with Crippen molar-refractivity contribution in [2.75, 3.05) is 12.0 Å². The lowest BCUT2D eigenvalue weighted by Gasteiger charge is -2.18. The Labute approximate surface area is 169 Å². The number of nitrogens with zero attached hydrogens (tertiary/aromatic N) is 1. The van der Waals surface area contributed by atoms with Gasteiger partial charge in [0.05, 0.1) is 29.5 Å². The van der Waals surface area contributed by atoms with E-state index in [-0.39, 0.29) is 22.6 Å². The summed E-state index contributed by atoms with van der Waals surface area (Å²) in [5.74, 6) is -2.02. The third kappa shape index (κ3) is 3.61. The van der Waals surface area contributed by atoms with E-state index in [9.17, 15) is 14.4 Å². The Kier molecular flexibility index (Phi) is 5.46. The average Bonchev–Trinajstić information content (AvgIpc) is 2.91. The number of carboxylic acid groups (broad SMARTS) is 1. The zero-order valence-electron chi connectivity index (χ0n) is 15.1. The summed E-state index contributed by atoms with van der Waals surface area (Å²) in [4.78, 5) is 38.0. The molecule has 0 saturated heterocycles. The van der Waals surface area contributed by atoms with Crippen molar-refractivity contribution < 1.29 is 24.2 Å². The lowest BCUT2D eigenvalue weighted by molar-refractivity contribution is -0.136. The van der Waals surface area contributed by atoms with Crippen molar-refractivity contribution in [2.24, 2.45) is 0 Å². The first kappa shape index (κ1) is 19.6. The van der Waals surface area contributed by atoms with Crippen LogP contribution in [0.25, 0.3) is 6.08 Å². The van der Waals surface area contributed by atoms with Crippen LogP contribution in [0.1, 0.15) is 22.8 Å². The molecule has 2 aromatic rings. The first-order valence-corrected chi connectivity index (χ1v) is 9.07. The first-order chi connectivity index (χ1) is 13.3. The number of ether oxygens (including phenoxy) is 1. The van der Waals surface area contributed by atoms with E-state index in [4.69, 9.17) is 9.84 Å². The standard InChI is InChI=1S/C21H16BrNO5/c1-12-18(21(27)28-2)17(10-13-6-8-14(9-7-13)20(25)26)19(24)23(12)16-5-3-4-15(22)11-16/h3-11H,1-2H3,(H,25,26)/b17-10-. The van der Waals surface area contributed by atoms with E-state index < -0.39 is 11.9 Å². The fraction of sp³-hybridized carbons (Fsp3) is 0.0952. The van der Waals surface area contributed by atoms with Crippen LogP contribution in [0.5, 0.6) is 0 Å². The minimum Gasteiger partial charge on any atom is -0.478 e. The van der Waals surface area contributed by atoms with Crippen LogP contribution in [-0.4, -0.2) is 30.1 Å². The molecular formula is C21H16BrNO5. The first-order valence-electron chi connectivity index (χ1n) is 8.28. The van der Waals surface area contributed by atoms with Gasteiger partial charge < -0.3 is 9.84 Å². The molecular weight excluding hydrogens is 426 g/mol. The van der Waals surface area contributed by atoms with Crippen molar-refractivity contribution in [1.29, 1.82) is 0 Å². The number of rotatable bonds is 4. The van der Waals surface area contributed by atoms with Crippen LogP contribution in [0.15, 0.2) is 69.8 Å². The highest BCUT2D eigenvalue weighted by atomic mass is 79.9. The molecule has 7 heteroatoms. The third-order valence-electron chi connectivity index (χ3n) is 4.32. The molecule has 0 saturated carbocycles. The summed E-state index contributed by atoms with van der Waals surface area (Å²) in [7, 11) is 1.26. The second-order valence-electron chi connectivity index (χ2n) is 6.06. The zero-order valence-corrected chi connectivity index (χ0v) is 16.7. The van der Waals surface area contributed by atoms with Gasteiger partial charge >= 0.3 is 11.9 Å². The second-order valence-corrected chi connectivity index (χ2v) is 6.97. The van der Waals surface area contributed by atoms with E-state index in [0.717, 1.165) is 4.47 Å². The number of halogens is 1. The number of aromatic carboxylic acids is 1. The lowest BCUT2D eigenvalue weighted by atomic mass is 10.0. The number of amides is 1. The number of carbonyl (C=O) groups is 3. The van der Waals surface area contributed by atoms with Crippen molar-refractivity contribution in [3.8, 4) is 0 Å². The van der Waals surface area contributed by atoms with Gasteiger partial charge in [-0.3, -0.25) is 9.69 Å². The number of benzene rings is 2. The van der Waals surface area contributed by atoms with Crippen molar-refractivity contribution in [1.82, 2.24) is 0 Å². The van der Waals surface area contributed by atoms with Crippen LogP contribution >= 0.6 is 15.9 Å². The number of hydrogen-bond acceptors (Lipinski definition) is 4. The number of anilines is 1. The maximum Gasteiger partial charge on any atom is 0.340 e. The summed E-state index contributed by atoms with van der Waals surface area (Å²) in [6.07, 6.45) is 1.56. The highest BCUT2D eigenvalue weighted by Crippen LogP contribution is 2.36. The highest BCUT2D eigenvalue weighted by Gasteiger charge is 2.37. The largest absolute Gasteiger partial charge is 0.478 e. The summed E-state index contributed by atoms with van der Waals surface area (Å²) < 4.78 is 5.67. The molecule has 3 rings (SSSR count). The van der Waals surface area contributed by atoms with Gasteiger partial charge in [0.2, 0.25) is 0 Å². The molecule has 142 valence electrons. The molecule has 0 aliphatic carbocycles. The number of methoxy groups -OCH3 is 1. The Hall–Kier alpha value is -3.19. The fourth-order valence-electron chi connectivity index (χ4n) is 2.99. The molecule has 0 atom stereocenters. The Morgan fingerprint density at radius 3 is 2.39 bits per heavy atom. The van der Waals surface area contributed by atoms with Crippen LogP contribution in [0.4, 0.5) is 5.69 Å². The van der Waals surface area contributed by atoms with E-state index in [1.165, 1.54) is 24.1 Å². The summed E-state index contributed by atoms with van der Waals surface area (Å²) in [6, 6.07) is 13.2. The molecule has 2 aromatic carbocycles. The summed E-state index contributed by atoms with van der Waals surface area (Å²) in [5, 5.41) is 9.02. The minimum atomic E-state index is -1.04. The smallest absolute Gasteiger partial charge is 0.340 e. The molecule has 1 aliphatic rings. The van der Waals surface area contributed by atoms with E-state index in [1.54, 1.807) is 43.3 Å². The normalized spacial score (nSPS) is 15.3. The molecule has 1 heterocycles. The molecule has 1 aliphatic heterocycles. The zero-order chi connectivity index (χ0) is 20.4. The number of allylic oxidation sites excluding steroid dienone is 1. The van der Waals surface area contributed by atoms with Crippen molar-refractivity contribution >= 4 is 45.5 Å². The molecule has 1 amide bonds. The number of carbonyl (C=O) groups excluding carboxylic acids is 2.